The molecule has 0 saturated heterocycles. The van der Waals surface area contributed by atoms with E-state index in [9.17, 15) is 4.79 Å². The number of carbonyl (C=O) groups excluding carboxylic acids is 1. The third-order valence-electron chi connectivity index (χ3n) is 4.30. The maximum atomic E-state index is 13.2. The molecule has 4 nitrogen and oxygen atoms in total. The molecule has 1 atom stereocenters. The maximum Gasteiger partial charge on any atom is 0.237 e. The summed E-state index contributed by atoms with van der Waals surface area (Å²) < 4.78 is 1.82. The van der Waals surface area contributed by atoms with Crippen LogP contribution in [0.3, 0.4) is 0 Å². The molecule has 0 N–H and O–H groups in total. The Balaban J connectivity index is 2.47. The number of benzene rings is 1. The summed E-state index contributed by atoms with van der Waals surface area (Å²) in [5.41, 5.74) is 3.92. The number of nitrogens with zero attached hydrogens (tertiary/aromatic N) is 3. The number of ketones is 1. The Hall–Kier alpha value is -2.53. The van der Waals surface area contributed by atoms with Crippen LogP contribution in [0.25, 0.3) is 0 Å². The van der Waals surface area contributed by atoms with Gasteiger partial charge >= 0.3 is 0 Å². The molecule has 0 unspecified atom stereocenters. The van der Waals surface area contributed by atoms with E-state index in [1.807, 2.05) is 80.1 Å². The minimum Gasteiger partial charge on any atom is -0.758 e. The first-order valence-corrected chi connectivity index (χ1v) is 8.87. The average Bonchev–Trinajstić information content (AvgIpc) is 2.62. The SMILES string of the molecule is C=CCN=C([S-])[C@@H](C(=O)c1ccc(C)c(C)c1)[n+]1ccc(N(C)C)cc1. The Bertz CT molecular complexity index is 826. The number of aryl methyl sites for hydroxylation is 2. The molecule has 0 saturated carbocycles. The van der Waals surface area contributed by atoms with Gasteiger partial charge in [0.2, 0.25) is 11.8 Å². The van der Waals surface area contributed by atoms with Crippen molar-refractivity contribution in [3.8, 4) is 0 Å². The topological polar surface area (TPSA) is 36.6 Å². The Morgan fingerprint density at radius 2 is 1.88 bits per heavy atom. The number of anilines is 1. The molecule has 0 aliphatic rings. The van der Waals surface area contributed by atoms with Gasteiger partial charge in [-0.05, 0) is 36.1 Å². The Morgan fingerprint density at radius 1 is 1.23 bits per heavy atom. The van der Waals surface area contributed by atoms with Gasteiger partial charge in [-0.3, -0.25) is 4.79 Å². The molecule has 5 heteroatoms. The van der Waals surface area contributed by atoms with Crippen molar-refractivity contribution in [3.63, 3.8) is 0 Å². The van der Waals surface area contributed by atoms with Gasteiger partial charge in [0.1, 0.15) is 0 Å². The van der Waals surface area contributed by atoms with Crippen LogP contribution in [-0.4, -0.2) is 31.5 Å². The van der Waals surface area contributed by atoms with Crippen LogP contribution in [0.1, 0.15) is 27.5 Å². The Labute approximate surface area is 161 Å². The van der Waals surface area contributed by atoms with E-state index in [0.29, 0.717) is 17.2 Å². The van der Waals surface area contributed by atoms with Gasteiger partial charge in [0.05, 0.1) is 6.54 Å². The van der Waals surface area contributed by atoms with Crippen molar-refractivity contribution in [2.24, 2.45) is 4.99 Å². The second-order valence-corrected chi connectivity index (χ2v) is 6.85. The van der Waals surface area contributed by atoms with E-state index in [2.05, 4.69) is 11.6 Å². The summed E-state index contributed by atoms with van der Waals surface area (Å²) in [7, 11) is 3.95. The van der Waals surface area contributed by atoms with Crippen LogP contribution < -0.4 is 9.47 Å². The fraction of sp³-hybridized carbons (Fsp3) is 0.286. The van der Waals surface area contributed by atoms with Crippen LogP contribution in [-0.2, 0) is 12.6 Å². The molecule has 1 aromatic carbocycles. The van der Waals surface area contributed by atoms with Crippen LogP contribution in [0, 0.1) is 13.8 Å². The van der Waals surface area contributed by atoms with Gasteiger partial charge < -0.3 is 22.5 Å². The highest BCUT2D eigenvalue weighted by atomic mass is 32.1. The molecular weight excluding hydrogens is 342 g/mol. The van der Waals surface area contributed by atoms with Crippen molar-refractivity contribution in [3.05, 3.63) is 72.1 Å². The lowest BCUT2D eigenvalue weighted by Gasteiger charge is -2.19. The lowest BCUT2D eigenvalue weighted by atomic mass is 9.99. The predicted octanol–water partition coefficient (Wildman–Crippen LogP) is 3.21. The third kappa shape index (κ3) is 4.55. The highest BCUT2D eigenvalue weighted by Crippen LogP contribution is 2.16. The van der Waals surface area contributed by atoms with E-state index >= 15 is 0 Å². The predicted molar refractivity (Wildman–Crippen MR) is 110 cm³/mol. The van der Waals surface area contributed by atoms with Crippen molar-refractivity contribution >= 4 is 29.1 Å². The summed E-state index contributed by atoms with van der Waals surface area (Å²) in [6, 6.07) is 8.98. The zero-order chi connectivity index (χ0) is 19.3. The van der Waals surface area contributed by atoms with Gasteiger partial charge in [0, 0.05) is 37.5 Å². The zero-order valence-electron chi connectivity index (χ0n) is 15.8. The standard InChI is InChI=1S/C21H25N3OS/c1-6-11-22-21(26)19(24-12-9-18(10-13-24)23(4)5)20(25)17-8-7-15(2)16(3)14-17/h6-10,12-14,19H,1,11H2,2-5H3/t19-/m1/s1. The zero-order valence-corrected chi connectivity index (χ0v) is 16.6. The van der Waals surface area contributed by atoms with Gasteiger partial charge in [-0.1, -0.05) is 18.2 Å². The highest BCUT2D eigenvalue weighted by molar-refractivity contribution is 7.77. The number of aromatic nitrogens is 1. The smallest absolute Gasteiger partial charge is 0.237 e. The van der Waals surface area contributed by atoms with Crippen molar-refractivity contribution in [2.75, 3.05) is 25.5 Å². The minimum atomic E-state index is -0.650. The molecule has 0 amide bonds. The largest absolute Gasteiger partial charge is 0.758 e. The van der Waals surface area contributed by atoms with Gasteiger partial charge in [0.25, 0.3) is 0 Å². The van der Waals surface area contributed by atoms with Gasteiger partial charge in [-0.25, -0.2) is 0 Å². The van der Waals surface area contributed by atoms with Crippen molar-refractivity contribution in [1.82, 2.24) is 0 Å². The second kappa shape index (κ2) is 8.72. The molecule has 0 spiro atoms. The summed E-state index contributed by atoms with van der Waals surface area (Å²) in [5.74, 6) is -0.0616. The molecule has 0 radical (unpaired) electrons. The molecule has 136 valence electrons. The number of Topliss-reactive ketones (excluding diaryl/α,β-unsaturated/α-hetero) is 1. The van der Waals surface area contributed by atoms with Gasteiger partial charge in [-0.15, -0.1) is 6.58 Å². The van der Waals surface area contributed by atoms with Crippen molar-refractivity contribution < 1.29 is 9.36 Å². The maximum absolute atomic E-state index is 13.2. The molecular formula is C21H25N3OS. The van der Waals surface area contributed by atoms with Crippen LogP contribution >= 0.6 is 0 Å². The molecule has 1 heterocycles. The minimum absolute atomic E-state index is 0.0616. The lowest BCUT2D eigenvalue weighted by molar-refractivity contribution is -0.691. The van der Waals surface area contributed by atoms with Crippen LogP contribution in [0.4, 0.5) is 5.69 Å². The first kappa shape index (κ1) is 19.8. The van der Waals surface area contributed by atoms with E-state index in [1.165, 1.54) is 0 Å². The first-order valence-electron chi connectivity index (χ1n) is 8.47. The fourth-order valence-electron chi connectivity index (χ4n) is 2.57. The molecule has 1 aromatic heterocycles. The van der Waals surface area contributed by atoms with Crippen molar-refractivity contribution in [1.29, 1.82) is 0 Å². The van der Waals surface area contributed by atoms with Crippen LogP contribution in [0.5, 0.6) is 0 Å². The van der Waals surface area contributed by atoms with E-state index < -0.39 is 6.04 Å². The summed E-state index contributed by atoms with van der Waals surface area (Å²) in [5, 5.41) is 0.357. The van der Waals surface area contributed by atoms with Gasteiger partial charge in [0.15, 0.2) is 12.4 Å². The van der Waals surface area contributed by atoms with E-state index in [0.717, 1.165) is 16.8 Å². The number of rotatable bonds is 7. The van der Waals surface area contributed by atoms with E-state index in [4.69, 9.17) is 12.6 Å². The monoisotopic (exact) mass is 367 g/mol. The summed E-state index contributed by atoms with van der Waals surface area (Å²) >= 11 is 5.48. The van der Waals surface area contributed by atoms with E-state index in [-0.39, 0.29) is 5.78 Å². The molecule has 2 aromatic rings. The quantitative estimate of drug-likeness (QED) is 0.188. The fourth-order valence-corrected chi connectivity index (χ4v) is 2.87. The molecule has 0 bridgehead atoms. The molecule has 26 heavy (non-hydrogen) atoms. The molecule has 0 fully saturated rings. The number of pyridine rings is 1. The van der Waals surface area contributed by atoms with Crippen LogP contribution in [0.2, 0.25) is 0 Å². The normalized spacial score (nSPS) is 12.5. The number of hydrogen-bond acceptors (Lipinski definition) is 4. The highest BCUT2D eigenvalue weighted by Gasteiger charge is 2.28. The first-order chi connectivity index (χ1) is 12.3. The lowest BCUT2D eigenvalue weighted by Crippen LogP contribution is -2.47. The summed E-state index contributed by atoms with van der Waals surface area (Å²) in [6.07, 6.45) is 5.41. The molecule has 0 aliphatic heterocycles. The summed E-state index contributed by atoms with van der Waals surface area (Å²) in [4.78, 5) is 19.6. The number of carbonyl (C=O) groups is 1. The summed E-state index contributed by atoms with van der Waals surface area (Å²) in [6.45, 7) is 8.09. The number of hydrogen-bond donors (Lipinski definition) is 0. The second-order valence-electron chi connectivity index (χ2n) is 6.43. The third-order valence-corrected chi connectivity index (χ3v) is 4.65. The van der Waals surface area contributed by atoms with E-state index in [1.54, 1.807) is 6.08 Å². The van der Waals surface area contributed by atoms with Gasteiger partial charge in [-0.2, -0.15) is 4.57 Å². The Kier molecular flexibility index (Phi) is 6.64. The average molecular weight is 368 g/mol. The molecule has 2 rings (SSSR count). The van der Waals surface area contributed by atoms with Crippen LogP contribution in [0.15, 0.2) is 60.4 Å². The molecule has 0 aliphatic carbocycles. The number of aliphatic imine (C=N–C) groups is 1. The van der Waals surface area contributed by atoms with Crippen molar-refractivity contribution in [2.45, 2.75) is 19.9 Å². The Morgan fingerprint density at radius 3 is 2.42 bits per heavy atom.